The Balaban J connectivity index is 2.25. The molecule has 0 spiro atoms. The molecule has 190 valence electrons. The van der Waals surface area contributed by atoms with Gasteiger partial charge in [-0.15, -0.1) is 0 Å². The molecule has 0 radical (unpaired) electrons. The molecule has 14 nitrogen and oxygen atoms in total. The number of alkyl halides is 4. The minimum absolute atomic E-state index is 0.135. The second-order valence-corrected chi connectivity index (χ2v) is 11.0. The average Bonchev–Trinajstić information content (AvgIpc) is 2.91. The second-order valence-electron chi connectivity index (χ2n) is 6.21. The summed E-state index contributed by atoms with van der Waals surface area (Å²) in [5, 5.41) is 0. The molecule has 1 fully saturated rings. The zero-order valence-corrected chi connectivity index (χ0v) is 18.8. The van der Waals surface area contributed by atoms with Crippen molar-refractivity contribution in [3.8, 4) is 0 Å². The molecule has 1 saturated heterocycles. The molecular weight excluding hydrogens is 560 g/mol. The second kappa shape index (κ2) is 9.29. The van der Waals surface area contributed by atoms with Crippen LogP contribution in [0.4, 0.5) is 22.0 Å². The molecule has 0 aliphatic carbocycles. The SMILES string of the molecule is O=c1[nH]c(=S)c(F)cn1[C@@H]1O[C@H](COP(=O)(O)OP(=O)(O)OP(=O)(O)O)CC1(F)C(F)(F)F. The van der Waals surface area contributed by atoms with Crippen molar-refractivity contribution in [2.24, 2.45) is 0 Å². The van der Waals surface area contributed by atoms with Gasteiger partial charge in [0.05, 0.1) is 18.9 Å². The molecule has 5 N–H and O–H groups in total. The van der Waals surface area contributed by atoms with Crippen molar-refractivity contribution in [3.05, 3.63) is 27.1 Å². The number of phosphoric acid groups is 3. The van der Waals surface area contributed by atoms with Crippen LogP contribution in [0.15, 0.2) is 11.0 Å². The summed E-state index contributed by atoms with van der Waals surface area (Å²) in [6, 6.07) is 0. The topological polar surface area (TPSA) is 207 Å². The van der Waals surface area contributed by atoms with Crippen LogP contribution in [0, 0.1) is 10.5 Å². The van der Waals surface area contributed by atoms with Gasteiger partial charge in [-0.2, -0.15) is 21.8 Å². The molecule has 3 unspecified atom stereocenters. The smallest absolute Gasteiger partial charge is 0.348 e. The van der Waals surface area contributed by atoms with Crippen molar-refractivity contribution in [2.75, 3.05) is 6.61 Å². The Hall–Kier alpha value is -0.880. The van der Waals surface area contributed by atoms with E-state index in [0.29, 0.717) is 0 Å². The molecule has 1 aromatic rings. The highest BCUT2D eigenvalue weighted by Gasteiger charge is 2.67. The minimum atomic E-state index is -5.92. The molecule has 33 heavy (non-hydrogen) atoms. The van der Waals surface area contributed by atoms with Crippen LogP contribution in [0.3, 0.4) is 0 Å². The Bertz CT molecular complexity index is 1170. The van der Waals surface area contributed by atoms with Crippen molar-refractivity contribution in [2.45, 2.75) is 30.6 Å². The number of hydrogen-bond donors (Lipinski definition) is 5. The lowest BCUT2D eigenvalue weighted by Crippen LogP contribution is -2.48. The van der Waals surface area contributed by atoms with E-state index in [0.717, 1.165) is 0 Å². The molecule has 2 heterocycles. The quantitative estimate of drug-likeness (QED) is 0.172. The van der Waals surface area contributed by atoms with E-state index >= 15 is 0 Å². The molecule has 1 aliphatic rings. The number of aromatic nitrogens is 2. The highest BCUT2D eigenvalue weighted by Crippen LogP contribution is 2.66. The Kier molecular flexibility index (Phi) is 7.99. The number of aromatic amines is 1. The monoisotopic (exact) mass is 572 g/mol. The van der Waals surface area contributed by atoms with Gasteiger partial charge >= 0.3 is 35.3 Å². The van der Waals surface area contributed by atoms with Gasteiger partial charge in [-0.3, -0.25) is 14.1 Å². The summed E-state index contributed by atoms with van der Waals surface area (Å²) in [6.45, 7) is -1.44. The number of ether oxygens (including phenoxy) is 1. The summed E-state index contributed by atoms with van der Waals surface area (Å²) >= 11 is 4.39. The van der Waals surface area contributed by atoms with Gasteiger partial charge in [0.25, 0.3) is 5.67 Å². The largest absolute Gasteiger partial charge is 0.490 e. The minimum Gasteiger partial charge on any atom is -0.348 e. The van der Waals surface area contributed by atoms with Crippen LogP contribution in [0.2, 0.25) is 0 Å². The van der Waals surface area contributed by atoms with E-state index in [1.165, 1.54) is 0 Å². The van der Waals surface area contributed by atoms with Crippen LogP contribution in [0.1, 0.15) is 12.6 Å². The number of phosphoric ester groups is 1. The standard InChI is InChI=1S/C10H12F5N2O12P3S/c11-5-2-17(8(18)16-6(5)33)7-9(12,10(13,14)15)1-4(27-7)3-26-31(22,23)29-32(24,25)28-30(19,20)21/h2,4,7H,1,3H2,(H,22,23)(H,24,25)(H,16,18,33)(H2,19,20,21)/t4-,7+,9?/m0/s1. The zero-order chi connectivity index (χ0) is 25.6. The Morgan fingerprint density at radius 2 is 1.79 bits per heavy atom. The highest BCUT2D eigenvalue weighted by molar-refractivity contribution is 7.71. The summed E-state index contributed by atoms with van der Waals surface area (Å²) in [7, 11) is -17.4. The van der Waals surface area contributed by atoms with Crippen LogP contribution >= 0.6 is 35.7 Å². The normalized spacial score (nSPS) is 27.8. The van der Waals surface area contributed by atoms with E-state index in [2.05, 4.69) is 25.4 Å². The van der Waals surface area contributed by atoms with Gasteiger partial charge in [0.2, 0.25) is 0 Å². The molecule has 0 saturated carbocycles. The van der Waals surface area contributed by atoms with E-state index < -0.39 is 76.8 Å². The van der Waals surface area contributed by atoms with Crippen LogP contribution in [0.25, 0.3) is 0 Å². The first kappa shape index (κ1) is 28.4. The van der Waals surface area contributed by atoms with Crippen LogP contribution < -0.4 is 5.69 Å². The zero-order valence-electron chi connectivity index (χ0n) is 15.3. The molecule has 2 rings (SSSR count). The van der Waals surface area contributed by atoms with Crippen molar-refractivity contribution in [3.63, 3.8) is 0 Å². The molecule has 1 aliphatic heterocycles. The number of rotatable bonds is 8. The first-order valence-corrected chi connectivity index (χ1v) is 12.8. The molecule has 23 heteroatoms. The van der Waals surface area contributed by atoms with E-state index in [1.54, 1.807) is 4.98 Å². The summed E-state index contributed by atoms with van der Waals surface area (Å²) in [5.41, 5.74) is -5.85. The highest BCUT2D eigenvalue weighted by atomic mass is 32.1. The number of nitrogens with one attached hydrogen (secondary N) is 1. The fourth-order valence-electron chi connectivity index (χ4n) is 2.53. The van der Waals surface area contributed by atoms with Gasteiger partial charge in [0.1, 0.15) is 4.64 Å². The molecule has 5 atom stereocenters. The summed E-state index contributed by atoms with van der Waals surface area (Å²) in [4.78, 5) is 48.7. The van der Waals surface area contributed by atoms with Crippen molar-refractivity contribution in [1.82, 2.24) is 9.55 Å². The Labute approximate surface area is 183 Å². The van der Waals surface area contributed by atoms with Gasteiger partial charge in [0.15, 0.2) is 12.0 Å². The number of hydrogen-bond acceptors (Lipinski definition) is 9. The van der Waals surface area contributed by atoms with Gasteiger partial charge in [-0.05, 0) is 0 Å². The molecule has 0 bridgehead atoms. The van der Waals surface area contributed by atoms with Crippen LogP contribution in [-0.2, 0) is 31.6 Å². The summed E-state index contributed by atoms with van der Waals surface area (Å²) in [6.07, 6.45) is -12.2. The van der Waals surface area contributed by atoms with Crippen molar-refractivity contribution >= 4 is 35.7 Å². The van der Waals surface area contributed by atoms with Gasteiger partial charge < -0.3 is 24.3 Å². The Morgan fingerprint density at radius 1 is 1.21 bits per heavy atom. The molecule has 0 amide bonds. The van der Waals surface area contributed by atoms with Gasteiger partial charge in [-0.25, -0.2) is 27.3 Å². The van der Waals surface area contributed by atoms with Gasteiger partial charge in [0, 0.05) is 6.42 Å². The van der Waals surface area contributed by atoms with Crippen molar-refractivity contribution < 1.29 is 73.1 Å². The maximum Gasteiger partial charge on any atom is 0.490 e. The van der Waals surface area contributed by atoms with E-state index in [9.17, 15) is 45.3 Å². The lowest BCUT2D eigenvalue weighted by molar-refractivity contribution is -0.257. The predicted octanol–water partition coefficient (Wildman–Crippen LogP) is 1.95. The first-order chi connectivity index (χ1) is 14.7. The Morgan fingerprint density at radius 3 is 2.30 bits per heavy atom. The number of H-pyrrole nitrogens is 1. The first-order valence-electron chi connectivity index (χ1n) is 7.86. The summed E-state index contributed by atoms with van der Waals surface area (Å²) in [5.74, 6) is -1.41. The van der Waals surface area contributed by atoms with E-state index in [1.807, 2.05) is 0 Å². The third-order valence-corrected chi connectivity index (χ3v) is 7.82. The molecule has 1 aromatic heterocycles. The maximum atomic E-state index is 14.9. The van der Waals surface area contributed by atoms with Crippen molar-refractivity contribution in [1.29, 1.82) is 0 Å². The fourth-order valence-corrected chi connectivity index (χ4v) is 5.72. The number of halogens is 5. The third kappa shape index (κ3) is 7.06. The maximum absolute atomic E-state index is 14.9. The number of nitrogens with zero attached hydrogens (tertiary/aromatic N) is 1. The lowest BCUT2D eigenvalue weighted by Gasteiger charge is -2.28. The lowest BCUT2D eigenvalue weighted by atomic mass is 9.99. The van der Waals surface area contributed by atoms with Crippen LogP contribution in [0.5, 0.6) is 0 Å². The summed E-state index contributed by atoms with van der Waals surface area (Å²) < 4.78 is 117. The van der Waals surface area contributed by atoms with E-state index in [-0.39, 0.29) is 10.8 Å². The predicted molar refractivity (Wildman–Crippen MR) is 94.1 cm³/mol. The van der Waals surface area contributed by atoms with Crippen LogP contribution in [-0.4, -0.2) is 53.7 Å². The third-order valence-electron chi connectivity index (χ3n) is 3.73. The molecular formula is C10H12F5N2O12P3S. The van der Waals surface area contributed by atoms with Gasteiger partial charge in [-0.1, -0.05) is 12.2 Å². The fraction of sp³-hybridized carbons (Fsp3) is 0.600. The molecule has 0 aromatic carbocycles. The average molecular weight is 572 g/mol. The van der Waals surface area contributed by atoms with E-state index in [4.69, 9.17) is 19.4 Å².